The molecule has 4 rings (SSSR count). The minimum atomic E-state index is -0.292. The molecule has 0 spiro atoms. The van der Waals surface area contributed by atoms with Crippen molar-refractivity contribution >= 4 is 44.9 Å². The maximum atomic E-state index is 12.6. The molecular weight excluding hydrogens is 382 g/mol. The summed E-state index contributed by atoms with van der Waals surface area (Å²) < 4.78 is 2.53. The fourth-order valence-corrected chi connectivity index (χ4v) is 3.84. The highest BCUT2D eigenvalue weighted by Gasteiger charge is 2.16. The van der Waals surface area contributed by atoms with Crippen LogP contribution in [0.3, 0.4) is 0 Å². The molecule has 0 fully saturated rings. The normalized spacial score (nSPS) is 10.7. The van der Waals surface area contributed by atoms with Gasteiger partial charge in [0.15, 0.2) is 0 Å². The highest BCUT2D eigenvalue weighted by molar-refractivity contribution is 7.20. The Morgan fingerprint density at radius 1 is 1.26 bits per heavy atom. The Bertz CT molecular complexity index is 1200. The number of hydrogen-bond acceptors (Lipinski definition) is 5. The van der Waals surface area contributed by atoms with Gasteiger partial charge < -0.3 is 5.32 Å². The molecule has 27 heavy (non-hydrogen) atoms. The van der Waals surface area contributed by atoms with E-state index in [1.807, 2.05) is 25.1 Å². The van der Waals surface area contributed by atoms with Gasteiger partial charge in [0.2, 0.25) is 5.13 Å². The number of anilines is 1. The predicted octanol–water partition coefficient (Wildman–Crippen LogP) is 4.57. The number of fused-ring (bicyclic) bond motifs is 1. The SMILES string of the molecule is Cc1cc(NC(=O)c2ccc(C#N)cc2)n(-c2nc3c(Cl)cccc3s2)n1. The van der Waals surface area contributed by atoms with Gasteiger partial charge in [0.25, 0.3) is 5.91 Å². The number of nitrogens with zero attached hydrogens (tertiary/aromatic N) is 4. The van der Waals surface area contributed by atoms with Crippen molar-refractivity contribution in [3.05, 3.63) is 70.4 Å². The largest absolute Gasteiger partial charge is 0.306 e. The Morgan fingerprint density at radius 3 is 2.74 bits per heavy atom. The van der Waals surface area contributed by atoms with E-state index in [0.29, 0.717) is 32.6 Å². The first-order valence-electron chi connectivity index (χ1n) is 7.99. The summed E-state index contributed by atoms with van der Waals surface area (Å²) in [6.45, 7) is 1.84. The zero-order valence-corrected chi connectivity index (χ0v) is 15.7. The van der Waals surface area contributed by atoms with Crippen LogP contribution < -0.4 is 5.32 Å². The molecule has 2 aromatic heterocycles. The van der Waals surface area contributed by atoms with Crippen molar-refractivity contribution in [2.45, 2.75) is 6.92 Å². The highest BCUT2D eigenvalue weighted by atomic mass is 35.5. The second kappa shape index (κ2) is 6.83. The zero-order chi connectivity index (χ0) is 19.0. The van der Waals surface area contributed by atoms with E-state index in [0.717, 1.165) is 10.4 Å². The smallest absolute Gasteiger partial charge is 0.256 e. The molecule has 0 unspecified atom stereocenters. The van der Waals surface area contributed by atoms with Crippen LogP contribution in [0, 0.1) is 18.3 Å². The number of nitrogens with one attached hydrogen (secondary N) is 1. The van der Waals surface area contributed by atoms with Gasteiger partial charge in [0, 0.05) is 11.6 Å². The fourth-order valence-electron chi connectivity index (χ4n) is 2.61. The number of carbonyl (C=O) groups excluding carboxylic acids is 1. The van der Waals surface area contributed by atoms with Crippen molar-refractivity contribution in [3.63, 3.8) is 0 Å². The van der Waals surface area contributed by atoms with Gasteiger partial charge in [0.1, 0.15) is 11.3 Å². The lowest BCUT2D eigenvalue weighted by atomic mass is 10.1. The Balaban J connectivity index is 1.69. The third-order valence-electron chi connectivity index (χ3n) is 3.89. The standard InChI is InChI=1S/C19H12ClN5OS/c1-11-9-16(22-18(26)13-7-5-12(10-21)6-8-13)25(24-11)19-23-17-14(20)3-2-4-15(17)27-19/h2-9H,1H3,(H,22,26). The third-order valence-corrected chi connectivity index (χ3v) is 5.19. The van der Waals surface area contributed by atoms with E-state index >= 15 is 0 Å². The minimum absolute atomic E-state index is 0.292. The van der Waals surface area contributed by atoms with E-state index in [9.17, 15) is 4.79 Å². The summed E-state index contributed by atoms with van der Waals surface area (Å²) >= 11 is 7.65. The van der Waals surface area contributed by atoms with E-state index in [2.05, 4.69) is 15.4 Å². The monoisotopic (exact) mass is 393 g/mol. The van der Waals surface area contributed by atoms with Crippen molar-refractivity contribution in [1.29, 1.82) is 5.26 Å². The minimum Gasteiger partial charge on any atom is -0.306 e. The van der Waals surface area contributed by atoms with E-state index in [1.54, 1.807) is 41.1 Å². The molecule has 0 aliphatic rings. The predicted molar refractivity (Wildman–Crippen MR) is 106 cm³/mol. The van der Waals surface area contributed by atoms with Gasteiger partial charge in [-0.3, -0.25) is 4.79 Å². The summed E-state index contributed by atoms with van der Waals surface area (Å²) in [5, 5.41) is 17.4. The molecule has 1 N–H and O–H groups in total. The van der Waals surface area contributed by atoms with Crippen LogP contribution in [-0.2, 0) is 0 Å². The molecule has 1 amide bonds. The summed E-state index contributed by atoms with van der Waals surface area (Å²) in [6.07, 6.45) is 0. The lowest BCUT2D eigenvalue weighted by Gasteiger charge is -2.06. The summed E-state index contributed by atoms with van der Waals surface area (Å²) in [5.41, 5.74) is 2.40. The van der Waals surface area contributed by atoms with Gasteiger partial charge in [-0.1, -0.05) is 29.0 Å². The van der Waals surface area contributed by atoms with Crippen LogP contribution in [0.2, 0.25) is 5.02 Å². The molecule has 132 valence electrons. The van der Waals surface area contributed by atoms with Crippen LogP contribution >= 0.6 is 22.9 Å². The number of amides is 1. The number of hydrogen-bond donors (Lipinski definition) is 1. The fraction of sp³-hybridized carbons (Fsp3) is 0.0526. The lowest BCUT2D eigenvalue weighted by molar-refractivity contribution is 0.102. The summed E-state index contributed by atoms with van der Waals surface area (Å²) in [6, 6.07) is 15.8. The lowest BCUT2D eigenvalue weighted by Crippen LogP contribution is -2.15. The molecule has 2 heterocycles. The number of aromatic nitrogens is 3. The van der Waals surface area contributed by atoms with Gasteiger partial charge in [-0.25, -0.2) is 4.98 Å². The first kappa shape index (κ1) is 17.2. The molecule has 0 saturated carbocycles. The summed E-state index contributed by atoms with van der Waals surface area (Å²) in [7, 11) is 0. The maximum absolute atomic E-state index is 12.6. The molecule has 0 bridgehead atoms. The second-order valence-electron chi connectivity index (χ2n) is 5.81. The molecule has 4 aromatic rings. The van der Waals surface area contributed by atoms with Crippen LogP contribution in [0.1, 0.15) is 21.6 Å². The average molecular weight is 394 g/mol. The number of aryl methyl sites for hydroxylation is 1. The number of benzene rings is 2. The van der Waals surface area contributed by atoms with E-state index in [4.69, 9.17) is 16.9 Å². The molecule has 0 radical (unpaired) electrons. The molecule has 0 aliphatic heterocycles. The highest BCUT2D eigenvalue weighted by Crippen LogP contribution is 2.31. The quantitative estimate of drug-likeness (QED) is 0.552. The van der Waals surface area contributed by atoms with E-state index < -0.39 is 0 Å². The second-order valence-corrected chi connectivity index (χ2v) is 7.23. The molecule has 0 aliphatic carbocycles. The number of para-hydroxylation sites is 1. The van der Waals surface area contributed by atoms with Crippen molar-refractivity contribution in [1.82, 2.24) is 14.8 Å². The van der Waals surface area contributed by atoms with E-state index in [1.165, 1.54) is 11.3 Å². The van der Waals surface area contributed by atoms with Crippen LogP contribution in [0.5, 0.6) is 0 Å². The van der Waals surface area contributed by atoms with Gasteiger partial charge in [-0.05, 0) is 43.3 Å². The Labute approximate surface area is 163 Å². The number of rotatable bonds is 3. The maximum Gasteiger partial charge on any atom is 0.256 e. The number of carbonyl (C=O) groups is 1. The number of nitriles is 1. The number of halogens is 1. The third kappa shape index (κ3) is 3.28. The molecule has 6 nitrogen and oxygen atoms in total. The Morgan fingerprint density at radius 2 is 2.04 bits per heavy atom. The average Bonchev–Trinajstić information content (AvgIpc) is 3.26. The van der Waals surface area contributed by atoms with Crippen molar-refractivity contribution in [3.8, 4) is 11.2 Å². The van der Waals surface area contributed by atoms with Crippen LogP contribution in [0.4, 0.5) is 5.82 Å². The van der Waals surface area contributed by atoms with E-state index in [-0.39, 0.29) is 5.91 Å². The molecular formula is C19H12ClN5OS. The zero-order valence-electron chi connectivity index (χ0n) is 14.1. The summed E-state index contributed by atoms with van der Waals surface area (Å²) in [4.78, 5) is 17.1. The van der Waals surface area contributed by atoms with Crippen LogP contribution in [-0.4, -0.2) is 20.7 Å². The van der Waals surface area contributed by atoms with Gasteiger partial charge >= 0.3 is 0 Å². The molecule has 0 saturated heterocycles. The molecule has 8 heteroatoms. The van der Waals surface area contributed by atoms with Crippen LogP contribution in [0.25, 0.3) is 15.3 Å². The van der Waals surface area contributed by atoms with Crippen molar-refractivity contribution in [2.24, 2.45) is 0 Å². The Hall–Kier alpha value is -3.21. The Kier molecular flexibility index (Phi) is 4.36. The van der Waals surface area contributed by atoms with Crippen LogP contribution in [0.15, 0.2) is 48.5 Å². The first-order valence-corrected chi connectivity index (χ1v) is 9.18. The van der Waals surface area contributed by atoms with Crippen molar-refractivity contribution < 1.29 is 4.79 Å². The topological polar surface area (TPSA) is 83.6 Å². The van der Waals surface area contributed by atoms with Crippen molar-refractivity contribution in [2.75, 3.05) is 5.32 Å². The first-order chi connectivity index (χ1) is 13.0. The van der Waals surface area contributed by atoms with Gasteiger partial charge in [-0.15, -0.1) is 0 Å². The van der Waals surface area contributed by atoms with Gasteiger partial charge in [0.05, 0.1) is 27.0 Å². The summed E-state index contributed by atoms with van der Waals surface area (Å²) in [5.74, 6) is 0.219. The molecule has 2 aromatic carbocycles. The van der Waals surface area contributed by atoms with Gasteiger partial charge in [-0.2, -0.15) is 15.0 Å². The molecule has 0 atom stereocenters. The number of thiazole rings is 1.